The van der Waals surface area contributed by atoms with Gasteiger partial charge in [0.15, 0.2) is 0 Å². The number of nitrogens with one attached hydrogen (secondary N) is 1. The molecule has 1 aliphatic rings. The molecule has 1 N–H and O–H groups in total. The maximum atomic E-state index is 13.0. The zero-order chi connectivity index (χ0) is 20.3. The largest absolute Gasteiger partial charge is 0.349 e. The number of hydrogen-bond acceptors (Lipinski definition) is 2. The van der Waals surface area contributed by atoms with Gasteiger partial charge in [-0.25, -0.2) is 4.39 Å². The third kappa shape index (κ3) is 4.77. The van der Waals surface area contributed by atoms with E-state index in [4.69, 9.17) is 0 Å². The predicted molar refractivity (Wildman–Crippen MR) is 108 cm³/mol. The van der Waals surface area contributed by atoms with Crippen molar-refractivity contribution in [2.45, 2.75) is 45.1 Å². The predicted octanol–water partition coefficient (Wildman–Crippen LogP) is 4.16. The lowest BCUT2D eigenvalue weighted by atomic mass is 9.86. The lowest BCUT2D eigenvalue weighted by molar-refractivity contribution is 0.0698. The van der Waals surface area contributed by atoms with Crippen molar-refractivity contribution in [3.05, 3.63) is 71.0 Å². The smallest absolute Gasteiger partial charge is 0.253 e. The topological polar surface area (TPSA) is 49.4 Å². The van der Waals surface area contributed by atoms with Crippen LogP contribution in [0.5, 0.6) is 0 Å². The number of rotatable bonds is 3. The summed E-state index contributed by atoms with van der Waals surface area (Å²) in [6.45, 7) is 7.57. The van der Waals surface area contributed by atoms with Crippen molar-refractivity contribution < 1.29 is 14.0 Å². The lowest BCUT2D eigenvalue weighted by Gasteiger charge is -2.32. The van der Waals surface area contributed by atoms with Crippen LogP contribution in [-0.2, 0) is 5.41 Å². The number of carbonyl (C=O) groups is 2. The van der Waals surface area contributed by atoms with Gasteiger partial charge in [-0.3, -0.25) is 9.59 Å². The highest BCUT2D eigenvalue weighted by Gasteiger charge is 2.25. The summed E-state index contributed by atoms with van der Waals surface area (Å²) in [6.07, 6.45) is 1.41. The second-order valence-electron chi connectivity index (χ2n) is 8.37. The van der Waals surface area contributed by atoms with E-state index >= 15 is 0 Å². The Bertz CT molecular complexity index is 830. The monoisotopic (exact) mass is 382 g/mol. The number of likely N-dealkylation sites (tertiary alicyclic amines) is 1. The molecule has 0 radical (unpaired) electrons. The summed E-state index contributed by atoms with van der Waals surface area (Å²) in [4.78, 5) is 26.8. The standard InChI is InChI=1S/C23H27FN2O2/c1-23(2,3)18-8-4-16(5-9-18)21(27)25-20-12-14-26(15-13-20)22(28)17-6-10-19(24)11-7-17/h4-11,20H,12-15H2,1-3H3,(H,25,27). The Morgan fingerprint density at radius 1 is 0.929 bits per heavy atom. The molecule has 0 aromatic heterocycles. The van der Waals surface area contributed by atoms with Crippen molar-refractivity contribution in [2.75, 3.05) is 13.1 Å². The van der Waals surface area contributed by atoms with Crippen molar-refractivity contribution in [1.82, 2.24) is 10.2 Å². The first kappa shape index (κ1) is 20.1. The summed E-state index contributed by atoms with van der Waals surface area (Å²) in [5, 5.41) is 3.07. The molecule has 1 fully saturated rings. The number of carbonyl (C=O) groups excluding carboxylic acids is 2. The number of amides is 2. The van der Waals surface area contributed by atoms with Crippen LogP contribution in [0, 0.1) is 5.82 Å². The second-order valence-corrected chi connectivity index (χ2v) is 8.37. The summed E-state index contributed by atoms with van der Waals surface area (Å²) in [5.74, 6) is -0.528. The molecule has 4 nitrogen and oxygen atoms in total. The highest BCUT2D eigenvalue weighted by Crippen LogP contribution is 2.22. The third-order valence-corrected chi connectivity index (χ3v) is 5.22. The highest BCUT2D eigenvalue weighted by atomic mass is 19.1. The first-order valence-electron chi connectivity index (χ1n) is 9.70. The Hall–Kier alpha value is -2.69. The molecule has 0 bridgehead atoms. The van der Waals surface area contributed by atoms with E-state index in [0.717, 1.165) is 0 Å². The van der Waals surface area contributed by atoms with Gasteiger partial charge in [-0.2, -0.15) is 0 Å². The Morgan fingerprint density at radius 3 is 2.00 bits per heavy atom. The van der Waals surface area contributed by atoms with Gasteiger partial charge in [0.25, 0.3) is 11.8 Å². The molecule has 148 valence electrons. The highest BCUT2D eigenvalue weighted by molar-refractivity contribution is 5.95. The quantitative estimate of drug-likeness (QED) is 0.867. The van der Waals surface area contributed by atoms with Crippen LogP contribution < -0.4 is 5.32 Å². The molecule has 5 heteroatoms. The summed E-state index contributed by atoms with van der Waals surface area (Å²) in [7, 11) is 0. The van der Waals surface area contributed by atoms with Gasteiger partial charge in [0.2, 0.25) is 0 Å². The van der Waals surface area contributed by atoms with Crippen molar-refractivity contribution >= 4 is 11.8 Å². The molecule has 2 amide bonds. The summed E-state index contributed by atoms with van der Waals surface area (Å²) < 4.78 is 13.0. The van der Waals surface area contributed by atoms with Gasteiger partial charge < -0.3 is 10.2 Å². The van der Waals surface area contributed by atoms with Gasteiger partial charge >= 0.3 is 0 Å². The molecule has 0 saturated carbocycles. The van der Waals surface area contributed by atoms with Crippen LogP contribution in [0.1, 0.15) is 59.9 Å². The molecular formula is C23H27FN2O2. The van der Waals surface area contributed by atoms with E-state index in [1.54, 1.807) is 4.90 Å². The van der Waals surface area contributed by atoms with Crippen LogP contribution >= 0.6 is 0 Å². The molecule has 0 atom stereocenters. The minimum atomic E-state index is -0.353. The van der Waals surface area contributed by atoms with Gasteiger partial charge in [0.1, 0.15) is 5.82 Å². The normalized spacial score (nSPS) is 15.4. The van der Waals surface area contributed by atoms with Crippen LogP contribution in [0.4, 0.5) is 4.39 Å². The molecule has 2 aromatic rings. The zero-order valence-electron chi connectivity index (χ0n) is 16.7. The molecule has 2 aromatic carbocycles. The van der Waals surface area contributed by atoms with Crippen molar-refractivity contribution in [2.24, 2.45) is 0 Å². The average molecular weight is 382 g/mol. The maximum Gasteiger partial charge on any atom is 0.253 e. The van der Waals surface area contributed by atoms with Crippen molar-refractivity contribution in [1.29, 1.82) is 0 Å². The van der Waals surface area contributed by atoms with Crippen LogP contribution in [-0.4, -0.2) is 35.8 Å². The SMILES string of the molecule is CC(C)(C)c1ccc(C(=O)NC2CCN(C(=O)c3ccc(F)cc3)CC2)cc1. The lowest BCUT2D eigenvalue weighted by Crippen LogP contribution is -2.46. The molecule has 0 unspecified atom stereocenters. The van der Waals surface area contributed by atoms with Crippen molar-refractivity contribution in [3.8, 4) is 0 Å². The van der Waals surface area contributed by atoms with Crippen LogP contribution in [0.2, 0.25) is 0 Å². The summed E-state index contributed by atoms with van der Waals surface area (Å²) in [6, 6.07) is 13.4. The Labute approximate surface area is 165 Å². The summed E-state index contributed by atoms with van der Waals surface area (Å²) >= 11 is 0. The number of piperidine rings is 1. The molecule has 0 aliphatic carbocycles. The second kappa shape index (κ2) is 8.13. The maximum absolute atomic E-state index is 13.0. The van der Waals surface area contributed by atoms with Crippen molar-refractivity contribution in [3.63, 3.8) is 0 Å². The molecule has 1 saturated heterocycles. The molecule has 3 rings (SSSR count). The number of hydrogen-bond donors (Lipinski definition) is 1. The van der Waals surface area contributed by atoms with Gasteiger partial charge in [0.05, 0.1) is 0 Å². The van der Waals surface area contributed by atoms with E-state index in [1.807, 2.05) is 24.3 Å². The van der Waals surface area contributed by atoms with E-state index in [9.17, 15) is 14.0 Å². The Morgan fingerprint density at radius 2 is 1.46 bits per heavy atom. The van der Waals surface area contributed by atoms with Gasteiger partial charge in [-0.05, 0) is 60.2 Å². The van der Waals surface area contributed by atoms with E-state index in [-0.39, 0.29) is 29.1 Å². The van der Waals surface area contributed by atoms with E-state index in [1.165, 1.54) is 29.8 Å². The van der Waals surface area contributed by atoms with Crippen LogP contribution in [0.3, 0.4) is 0 Å². The first-order chi connectivity index (χ1) is 13.2. The molecular weight excluding hydrogens is 355 g/mol. The zero-order valence-corrected chi connectivity index (χ0v) is 16.7. The molecule has 1 heterocycles. The first-order valence-corrected chi connectivity index (χ1v) is 9.70. The Balaban J connectivity index is 1.53. The average Bonchev–Trinajstić information content (AvgIpc) is 2.68. The minimum absolute atomic E-state index is 0.0482. The Kier molecular flexibility index (Phi) is 5.82. The van der Waals surface area contributed by atoms with Crippen LogP contribution in [0.25, 0.3) is 0 Å². The van der Waals surface area contributed by atoms with Gasteiger partial charge in [0, 0.05) is 30.3 Å². The van der Waals surface area contributed by atoms with E-state index in [0.29, 0.717) is 37.1 Å². The fourth-order valence-electron chi connectivity index (χ4n) is 3.39. The fourth-order valence-corrected chi connectivity index (χ4v) is 3.39. The summed E-state index contributed by atoms with van der Waals surface area (Å²) in [5.41, 5.74) is 2.39. The number of nitrogens with zero attached hydrogens (tertiary/aromatic N) is 1. The molecule has 1 aliphatic heterocycles. The fraction of sp³-hybridized carbons (Fsp3) is 0.391. The molecule has 0 spiro atoms. The third-order valence-electron chi connectivity index (χ3n) is 5.22. The number of halogens is 1. The molecule has 28 heavy (non-hydrogen) atoms. The van der Waals surface area contributed by atoms with Crippen LogP contribution in [0.15, 0.2) is 48.5 Å². The van der Waals surface area contributed by atoms with Gasteiger partial charge in [-0.1, -0.05) is 32.9 Å². The number of benzene rings is 2. The van der Waals surface area contributed by atoms with E-state index in [2.05, 4.69) is 26.1 Å². The van der Waals surface area contributed by atoms with Gasteiger partial charge in [-0.15, -0.1) is 0 Å². The van der Waals surface area contributed by atoms with E-state index < -0.39 is 0 Å². The minimum Gasteiger partial charge on any atom is -0.349 e.